The monoisotopic (exact) mass is 364 g/mol. The van der Waals surface area contributed by atoms with Crippen LogP contribution in [0.4, 0.5) is 0 Å². The third kappa shape index (κ3) is 2.43. The molecular formula is C22H20O3S. The number of carbonyl (C=O) groups excluding carboxylic acids is 2. The van der Waals surface area contributed by atoms with Crippen LogP contribution in [0.1, 0.15) is 40.4 Å². The van der Waals surface area contributed by atoms with Gasteiger partial charge in [-0.15, -0.1) is 0 Å². The summed E-state index contributed by atoms with van der Waals surface area (Å²) in [6.07, 6.45) is 0.936. The van der Waals surface area contributed by atoms with E-state index in [0.717, 1.165) is 29.1 Å². The third-order valence-corrected chi connectivity index (χ3v) is 6.41. The van der Waals surface area contributed by atoms with E-state index in [0.29, 0.717) is 16.7 Å². The molecule has 1 saturated heterocycles. The minimum atomic E-state index is -0.944. The first-order valence-electron chi connectivity index (χ1n) is 8.76. The molecule has 0 N–H and O–H groups in total. The van der Waals surface area contributed by atoms with E-state index in [2.05, 4.69) is 6.58 Å². The highest BCUT2D eigenvalue weighted by molar-refractivity contribution is 7.99. The molecular weight excluding hydrogens is 344 g/mol. The molecule has 1 unspecified atom stereocenters. The lowest BCUT2D eigenvalue weighted by atomic mass is 9.67. The van der Waals surface area contributed by atoms with Crippen molar-refractivity contribution in [2.45, 2.75) is 18.9 Å². The number of hydrogen-bond acceptors (Lipinski definition) is 4. The maximum absolute atomic E-state index is 13.1. The summed E-state index contributed by atoms with van der Waals surface area (Å²) in [6.45, 7) is 5.42. The van der Waals surface area contributed by atoms with Gasteiger partial charge in [-0.1, -0.05) is 55.1 Å². The summed E-state index contributed by atoms with van der Waals surface area (Å²) < 4.78 is 6.22. The number of hydrogen-bond donors (Lipinski definition) is 0. The number of thioether (sulfide) groups is 1. The van der Waals surface area contributed by atoms with Gasteiger partial charge in [0.2, 0.25) is 0 Å². The van der Waals surface area contributed by atoms with E-state index in [4.69, 9.17) is 4.74 Å². The van der Waals surface area contributed by atoms with Gasteiger partial charge in [0.25, 0.3) is 0 Å². The number of ketones is 1. The summed E-state index contributed by atoms with van der Waals surface area (Å²) in [5.41, 5.74) is 2.26. The Kier molecular flexibility index (Phi) is 4.23. The van der Waals surface area contributed by atoms with Crippen LogP contribution < -0.4 is 0 Å². The van der Waals surface area contributed by atoms with Crippen LogP contribution in [0.5, 0.6) is 0 Å². The van der Waals surface area contributed by atoms with Crippen molar-refractivity contribution in [3.63, 3.8) is 0 Å². The highest BCUT2D eigenvalue weighted by atomic mass is 32.2. The Morgan fingerprint density at radius 3 is 2.19 bits per heavy atom. The van der Waals surface area contributed by atoms with Gasteiger partial charge in [0.1, 0.15) is 0 Å². The van der Waals surface area contributed by atoms with E-state index in [1.165, 1.54) is 0 Å². The zero-order chi connectivity index (χ0) is 18.3. The van der Waals surface area contributed by atoms with Crippen molar-refractivity contribution in [3.8, 4) is 0 Å². The number of esters is 1. The Bertz CT molecular complexity index is 860. The normalized spacial score (nSPS) is 20.2. The molecule has 1 atom stereocenters. The Balaban J connectivity index is 2.03. The summed E-state index contributed by atoms with van der Waals surface area (Å²) in [5.74, 6) is 1.60. The molecule has 4 heteroatoms. The lowest BCUT2D eigenvalue weighted by Crippen LogP contribution is -2.46. The first kappa shape index (κ1) is 17.1. The smallest absolute Gasteiger partial charge is 0.334 e. The van der Waals surface area contributed by atoms with Crippen LogP contribution >= 0.6 is 11.8 Å². The van der Waals surface area contributed by atoms with Crippen molar-refractivity contribution >= 4 is 23.5 Å². The highest BCUT2D eigenvalue weighted by Gasteiger charge is 2.52. The molecule has 0 radical (unpaired) electrons. The molecule has 4 rings (SSSR count). The van der Waals surface area contributed by atoms with Crippen molar-refractivity contribution in [2.75, 3.05) is 11.5 Å². The van der Waals surface area contributed by atoms with Gasteiger partial charge < -0.3 is 4.74 Å². The van der Waals surface area contributed by atoms with Gasteiger partial charge in [0.15, 0.2) is 11.4 Å². The summed E-state index contributed by atoms with van der Waals surface area (Å²) in [6, 6.07) is 15.1. The van der Waals surface area contributed by atoms with Gasteiger partial charge in [-0.3, -0.25) is 4.79 Å². The predicted octanol–water partition coefficient (Wildman–Crippen LogP) is 4.35. The van der Waals surface area contributed by atoms with E-state index in [1.54, 1.807) is 6.92 Å². The molecule has 0 amide bonds. The van der Waals surface area contributed by atoms with Crippen LogP contribution in [0.25, 0.3) is 0 Å². The van der Waals surface area contributed by atoms with E-state index in [-0.39, 0.29) is 11.7 Å². The summed E-state index contributed by atoms with van der Waals surface area (Å²) >= 11 is 1.86. The Hall–Kier alpha value is -2.33. The molecule has 2 aliphatic rings. The van der Waals surface area contributed by atoms with Gasteiger partial charge in [-0.2, -0.15) is 11.8 Å². The average Bonchev–Trinajstić information content (AvgIpc) is 3.20. The van der Waals surface area contributed by atoms with Crippen molar-refractivity contribution in [2.24, 2.45) is 5.92 Å². The Morgan fingerprint density at radius 1 is 1.12 bits per heavy atom. The Morgan fingerprint density at radius 2 is 1.69 bits per heavy atom. The maximum Gasteiger partial charge on any atom is 0.334 e. The molecule has 0 saturated carbocycles. The molecule has 26 heavy (non-hydrogen) atoms. The fraction of sp³-hybridized carbons (Fsp3) is 0.273. The van der Waals surface area contributed by atoms with Crippen LogP contribution in [0.15, 0.2) is 60.7 Å². The topological polar surface area (TPSA) is 43.4 Å². The predicted molar refractivity (Wildman–Crippen MR) is 103 cm³/mol. The van der Waals surface area contributed by atoms with Gasteiger partial charge in [0, 0.05) is 39.5 Å². The van der Waals surface area contributed by atoms with Crippen molar-refractivity contribution in [1.82, 2.24) is 0 Å². The van der Waals surface area contributed by atoms with E-state index in [1.807, 2.05) is 60.3 Å². The molecule has 2 aromatic rings. The molecule has 0 spiro atoms. The largest absolute Gasteiger partial charge is 0.445 e. The van der Waals surface area contributed by atoms with Crippen molar-refractivity contribution in [1.29, 1.82) is 0 Å². The first-order valence-corrected chi connectivity index (χ1v) is 9.91. The fourth-order valence-corrected chi connectivity index (χ4v) is 5.33. The third-order valence-electron chi connectivity index (χ3n) is 5.25. The second kappa shape index (κ2) is 6.44. The zero-order valence-electron chi connectivity index (χ0n) is 14.7. The minimum absolute atomic E-state index is 0.0103. The van der Waals surface area contributed by atoms with E-state index >= 15 is 0 Å². The maximum atomic E-state index is 13.1. The second-order valence-corrected chi connectivity index (χ2v) is 8.04. The standard InChI is InChI=1S/C22H20O3S/c1-14(2)21(24)25-22(15-11-12-26-13-15)18-9-5-3-7-16(18)20(23)17-8-4-6-10-19(17)22/h3-10,15H,1,11-13H2,2H3. The van der Waals surface area contributed by atoms with E-state index in [9.17, 15) is 9.59 Å². The number of carbonyl (C=O) groups is 2. The van der Waals surface area contributed by atoms with Crippen molar-refractivity contribution < 1.29 is 14.3 Å². The number of ether oxygens (including phenoxy) is 1. The van der Waals surface area contributed by atoms with Crippen molar-refractivity contribution in [3.05, 3.63) is 82.9 Å². The fourth-order valence-electron chi connectivity index (χ4n) is 4.02. The lowest BCUT2D eigenvalue weighted by Gasteiger charge is -2.43. The number of fused-ring (bicyclic) bond motifs is 2. The van der Waals surface area contributed by atoms with Crippen LogP contribution in [-0.2, 0) is 15.1 Å². The van der Waals surface area contributed by atoms with Gasteiger partial charge in [-0.05, 0) is 19.1 Å². The van der Waals surface area contributed by atoms with Crippen LogP contribution in [0.2, 0.25) is 0 Å². The molecule has 0 bridgehead atoms. The SMILES string of the molecule is C=C(C)C(=O)OC1(C2CCSC2)c2ccccc2C(=O)c2ccccc21. The summed E-state index contributed by atoms with van der Waals surface area (Å²) in [7, 11) is 0. The Labute approximate surface area is 157 Å². The molecule has 2 aromatic carbocycles. The number of rotatable bonds is 3. The van der Waals surface area contributed by atoms with Gasteiger partial charge in [0.05, 0.1) is 0 Å². The van der Waals surface area contributed by atoms with E-state index < -0.39 is 11.6 Å². The van der Waals surface area contributed by atoms with Gasteiger partial charge >= 0.3 is 5.97 Å². The van der Waals surface area contributed by atoms with Crippen LogP contribution in [0, 0.1) is 5.92 Å². The summed E-state index contributed by atoms with van der Waals surface area (Å²) in [4.78, 5) is 25.7. The molecule has 0 aromatic heterocycles. The summed E-state index contributed by atoms with van der Waals surface area (Å²) in [5, 5.41) is 0. The zero-order valence-corrected chi connectivity index (χ0v) is 15.5. The molecule has 1 aliphatic carbocycles. The molecule has 132 valence electrons. The number of benzene rings is 2. The van der Waals surface area contributed by atoms with Crippen LogP contribution in [0.3, 0.4) is 0 Å². The lowest BCUT2D eigenvalue weighted by molar-refractivity contribution is -0.156. The molecule has 1 heterocycles. The second-order valence-electron chi connectivity index (χ2n) is 6.89. The molecule has 3 nitrogen and oxygen atoms in total. The average molecular weight is 364 g/mol. The first-order chi connectivity index (χ1) is 12.6. The highest BCUT2D eigenvalue weighted by Crippen LogP contribution is 2.51. The van der Waals surface area contributed by atoms with Crippen LogP contribution in [-0.4, -0.2) is 23.3 Å². The minimum Gasteiger partial charge on any atom is -0.445 e. The quantitative estimate of drug-likeness (QED) is 0.600. The molecule has 1 fully saturated rings. The van der Waals surface area contributed by atoms with Gasteiger partial charge in [-0.25, -0.2) is 4.79 Å². The molecule has 1 aliphatic heterocycles.